The lowest BCUT2D eigenvalue weighted by molar-refractivity contribution is -0.134. The first kappa shape index (κ1) is 14.6. The Morgan fingerprint density at radius 1 is 1.33 bits per heavy atom. The molecule has 4 nitrogen and oxygen atoms in total. The Balaban J connectivity index is 1.86. The van der Waals surface area contributed by atoms with Gasteiger partial charge in [-0.15, -0.1) is 0 Å². The van der Waals surface area contributed by atoms with Crippen molar-refractivity contribution < 1.29 is 9.59 Å². The lowest BCUT2D eigenvalue weighted by atomic mass is 9.73. The maximum Gasteiger partial charge on any atom is 0.325 e. The van der Waals surface area contributed by atoms with Crippen LogP contribution in [0.25, 0.3) is 0 Å². The Bertz CT molecular complexity index is 589. The van der Waals surface area contributed by atoms with Gasteiger partial charge in [-0.25, -0.2) is 4.79 Å². The van der Waals surface area contributed by atoms with Crippen LogP contribution in [0.1, 0.15) is 38.2 Å². The molecule has 1 N–H and O–H groups in total. The molecule has 2 fully saturated rings. The highest BCUT2D eigenvalue weighted by molar-refractivity contribution is 9.10. The molecule has 2 aliphatic rings. The number of amides is 3. The summed E-state index contributed by atoms with van der Waals surface area (Å²) in [6.07, 6.45) is 3.88. The highest BCUT2D eigenvalue weighted by Crippen LogP contribution is 2.38. The second kappa shape index (κ2) is 5.44. The maximum absolute atomic E-state index is 12.8. The van der Waals surface area contributed by atoms with E-state index < -0.39 is 5.54 Å². The molecule has 1 saturated heterocycles. The van der Waals surface area contributed by atoms with E-state index in [0.29, 0.717) is 6.54 Å². The summed E-state index contributed by atoms with van der Waals surface area (Å²) < 4.78 is 0.920. The highest BCUT2D eigenvalue weighted by atomic mass is 79.9. The van der Waals surface area contributed by atoms with Crippen LogP contribution in [0.2, 0.25) is 0 Å². The Morgan fingerprint density at radius 3 is 2.81 bits per heavy atom. The van der Waals surface area contributed by atoms with Crippen molar-refractivity contribution in [2.45, 2.75) is 44.7 Å². The van der Waals surface area contributed by atoms with E-state index >= 15 is 0 Å². The van der Waals surface area contributed by atoms with Crippen LogP contribution in [0.3, 0.4) is 0 Å². The van der Waals surface area contributed by atoms with Crippen molar-refractivity contribution in [2.75, 3.05) is 0 Å². The number of halogens is 1. The van der Waals surface area contributed by atoms with Crippen LogP contribution in [0.4, 0.5) is 4.79 Å². The number of carbonyl (C=O) groups excluding carboxylic acids is 2. The minimum Gasteiger partial charge on any atom is -0.323 e. The number of benzene rings is 1. The van der Waals surface area contributed by atoms with Gasteiger partial charge in [0.1, 0.15) is 5.54 Å². The molecule has 112 valence electrons. The topological polar surface area (TPSA) is 49.4 Å². The average molecular weight is 351 g/mol. The minimum atomic E-state index is -0.670. The molecule has 21 heavy (non-hydrogen) atoms. The van der Waals surface area contributed by atoms with Gasteiger partial charge in [-0.2, -0.15) is 0 Å². The van der Waals surface area contributed by atoms with Crippen molar-refractivity contribution >= 4 is 27.9 Å². The molecular weight excluding hydrogens is 332 g/mol. The Labute approximate surface area is 133 Å². The molecule has 1 aromatic carbocycles. The van der Waals surface area contributed by atoms with Crippen LogP contribution < -0.4 is 5.32 Å². The van der Waals surface area contributed by atoms with Crippen LogP contribution in [0.5, 0.6) is 0 Å². The zero-order valence-corrected chi connectivity index (χ0v) is 13.6. The highest BCUT2D eigenvalue weighted by Gasteiger charge is 2.54. The number of nitrogens with one attached hydrogen (secondary N) is 1. The van der Waals surface area contributed by atoms with Crippen LogP contribution in [-0.2, 0) is 11.3 Å². The summed E-state index contributed by atoms with van der Waals surface area (Å²) >= 11 is 3.47. The van der Waals surface area contributed by atoms with Crippen molar-refractivity contribution in [3.05, 3.63) is 34.3 Å². The van der Waals surface area contributed by atoms with Gasteiger partial charge in [-0.1, -0.05) is 53.9 Å². The third-order valence-electron chi connectivity index (χ3n) is 4.79. The first-order valence-electron chi connectivity index (χ1n) is 7.42. The summed E-state index contributed by atoms with van der Waals surface area (Å²) in [5.74, 6) is 0.141. The van der Waals surface area contributed by atoms with Crippen LogP contribution in [0.15, 0.2) is 28.7 Å². The standard InChI is InChI=1S/C16H19BrN2O2/c1-11-6-4-5-9-16(11)14(20)19(15(21)18-16)10-12-7-2-3-8-13(12)17/h2-3,7-8,11H,4-6,9-10H2,1H3,(H,18,21)/t11-,16-/m1/s1. The van der Waals surface area contributed by atoms with E-state index in [1.165, 1.54) is 4.90 Å². The number of hydrogen-bond acceptors (Lipinski definition) is 2. The molecule has 3 rings (SSSR count). The number of imide groups is 1. The molecule has 3 amide bonds. The van der Waals surface area contributed by atoms with Gasteiger partial charge in [0.15, 0.2) is 0 Å². The molecule has 0 radical (unpaired) electrons. The van der Waals surface area contributed by atoms with E-state index in [0.717, 1.165) is 35.7 Å². The Kier molecular flexibility index (Phi) is 3.78. The summed E-state index contributed by atoms with van der Waals surface area (Å²) in [6.45, 7) is 2.39. The molecule has 0 aromatic heterocycles. The molecule has 1 spiro atoms. The van der Waals surface area contributed by atoms with Crippen LogP contribution >= 0.6 is 15.9 Å². The predicted octanol–water partition coefficient (Wildman–Crippen LogP) is 3.45. The lowest BCUT2D eigenvalue weighted by Crippen LogP contribution is -2.53. The first-order valence-corrected chi connectivity index (χ1v) is 8.21. The van der Waals surface area contributed by atoms with Crippen molar-refractivity contribution in [3.63, 3.8) is 0 Å². The molecular formula is C16H19BrN2O2. The van der Waals surface area contributed by atoms with Gasteiger partial charge in [-0.3, -0.25) is 9.69 Å². The molecule has 1 aliphatic heterocycles. The van der Waals surface area contributed by atoms with Gasteiger partial charge < -0.3 is 5.32 Å². The molecule has 1 aromatic rings. The number of nitrogens with zero attached hydrogens (tertiary/aromatic N) is 1. The monoisotopic (exact) mass is 350 g/mol. The van der Waals surface area contributed by atoms with E-state index in [-0.39, 0.29) is 17.9 Å². The summed E-state index contributed by atoms with van der Waals surface area (Å²) in [5.41, 5.74) is 0.276. The van der Waals surface area contributed by atoms with E-state index in [4.69, 9.17) is 0 Å². The van der Waals surface area contributed by atoms with E-state index in [1.54, 1.807) is 0 Å². The normalized spacial score (nSPS) is 29.0. The Hall–Kier alpha value is -1.36. The fourth-order valence-electron chi connectivity index (χ4n) is 3.44. The smallest absolute Gasteiger partial charge is 0.323 e. The third-order valence-corrected chi connectivity index (χ3v) is 5.56. The first-order chi connectivity index (χ1) is 10.0. The van der Waals surface area contributed by atoms with E-state index in [9.17, 15) is 9.59 Å². The largest absolute Gasteiger partial charge is 0.325 e. The van der Waals surface area contributed by atoms with Crippen LogP contribution in [-0.4, -0.2) is 22.4 Å². The molecule has 5 heteroatoms. The molecule has 1 aliphatic carbocycles. The van der Waals surface area contributed by atoms with Gasteiger partial charge >= 0.3 is 6.03 Å². The minimum absolute atomic E-state index is 0.0598. The van der Waals surface area contributed by atoms with Crippen molar-refractivity contribution in [2.24, 2.45) is 5.92 Å². The summed E-state index contributed by atoms with van der Waals surface area (Å²) in [5, 5.41) is 2.98. The number of urea groups is 1. The van der Waals surface area contributed by atoms with Crippen molar-refractivity contribution in [1.82, 2.24) is 10.2 Å². The van der Waals surface area contributed by atoms with Gasteiger partial charge in [0, 0.05) is 4.47 Å². The van der Waals surface area contributed by atoms with Crippen molar-refractivity contribution in [3.8, 4) is 0 Å². The zero-order chi connectivity index (χ0) is 15.0. The summed E-state index contributed by atoms with van der Waals surface area (Å²) in [6, 6.07) is 7.43. The second-order valence-corrected chi connectivity index (χ2v) is 6.89. The van der Waals surface area contributed by atoms with Gasteiger partial charge in [0.25, 0.3) is 5.91 Å². The molecule has 0 unspecified atom stereocenters. The Morgan fingerprint density at radius 2 is 2.10 bits per heavy atom. The SMILES string of the molecule is C[C@@H]1CCCC[C@@]12NC(=O)N(Cc1ccccc1Br)C2=O. The quantitative estimate of drug-likeness (QED) is 0.830. The molecule has 0 bridgehead atoms. The molecule has 1 saturated carbocycles. The fourth-order valence-corrected chi connectivity index (χ4v) is 3.85. The third kappa shape index (κ3) is 2.37. The summed E-state index contributed by atoms with van der Waals surface area (Å²) in [7, 11) is 0. The fraction of sp³-hybridized carbons (Fsp3) is 0.500. The van der Waals surface area contributed by atoms with Crippen LogP contribution in [0, 0.1) is 5.92 Å². The number of carbonyl (C=O) groups is 2. The van der Waals surface area contributed by atoms with Crippen molar-refractivity contribution in [1.29, 1.82) is 0 Å². The van der Waals surface area contributed by atoms with Gasteiger partial charge in [-0.05, 0) is 30.4 Å². The predicted molar refractivity (Wildman–Crippen MR) is 83.6 cm³/mol. The van der Waals surface area contributed by atoms with Gasteiger partial charge in [0.05, 0.1) is 6.54 Å². The summed E-state index contributed by atoms with van der Waals surface area (Å²) in [4.78, 5) is 26.5. The average Bonchev–Trinajstić information content (AvgIpc) is 2.70. The molecule has 2 atom stereocenters. The molecule has 1 heterocycles. The maximum atomic E-state index is 12.8. The second-order valence-electron chi connectivity index (χ2n) is 6.03. The van der Waals surface area contributed by atoms with Gasteiger partial charge in [0.2, 0.25) is 0 Å². The number of rotatable bonds is 2. The number of hydrogen-bond donors (Lipinski definition) is 1. The van der Waals surface area contributed by atoms with E-state index in [2.05, 4.69) is 28.2 Å². The van der Waals surface area contributed by atoms with E-state index in [1.807, 2.05) is 24.3 Å². The lowest BCUT2D eigenvalue weighted by Gasteiger charge is -2.36. The zero-order valence-electron chi connectivity index (χ0n) is 12.1.